The van der Waals surface area contributed by atoms with Crippen molar-refractivity contribution in [2.75, 3.05) is 12.3 Å². The van der Waals surface area contributed by atoms with E-state index in [9.17, 15) is 0 Å². The molecule has 0 bridgehead atoms. The first-order valence-corrected chi connectivity index (χ1v) is 5.44. The van der Waals surface area contributed by atoms with Crippen LogP contribution >= 0.6 is 15.9 Å². The average molecular weight is 260 g/mol. The highest BCUT2D eigenvalue weighted by Gasteiger charge is 2.03. The fraction of sp³-hybridized carbons (Fsp3) is 0.556. The van der Waals surface area contributed by atoms with Gasteiger partial charge in [-0.25, -0.2) is 4.98 Å². The van der Waals surface area contributed by atoms with Gasteiger partial charge in [0.2, 0.25) is 11.8 Å². The van der Waals surface area contributed by atoms with Crippen LogP contribution in [0.25, 0.3) is 0 Å². The molecule has 0 radical (unpaired) electrons. The van der Waals surface area contributed by atoms with Gasteiger partial charge in [0.1, 0.15) is 0 Å². The molecule has 0 fully saturated rings. The highest BCUT2D eigenvalue weighted by Crippen LogP contribution is 2.21. The Labute approximate surface area is 92.0 Å². The molecular weight excluding hydrogens is 246 g/mol. The van der Waals surface area contributed by atoms with E-state index in [1.54, 1.807) is 6.20 Å². The average Bonchev–Trinajstić information content (AvgIpc) is 2.18. The van der Waals surface area contributed by atoms with Crippen LogP contribution in [0.1, 0.15) is 26.2 Å². The molecule has 0 aliphatic heterocycles. The molecule has 0 aliphatic rings. The lowest BCUT2D eigenvalue weighted by Gasteiger charge is -2.06. The first kappa shape index (κ1) is 11.2. The molecule has 0 atom stereocenters. The number of nitrogens with zero attached hydrogens (tertiary/aromatic N) is 2. The third-order valence-electron chi connectivity index (χ3n) is 1.72. The Morgan fingerprint density at radius 1 is 1.50 bits per heavy atom. The monoisotopic (exact) mass is 259 g/mol. The standard InChI is InChI=1S/C9H14BrN3O/c1-2-3-4-5-14-8-7(10)6-12-9(11)13-8/h6H,2-5H2,1H3,(H2,11,12,13). The molecule has 78 valence electrons. The number of unbranched alkanes of at least 4 members (excludes halogenated alkanes) is 2. The topological polar surface area (TPSA) is 61.0 Å². The van der Waals surface area contributed by atoms with E-state index in [0.717, 1.165) is 17.3 Å². The maximum Gasteiger partial charge on any atom is 0.232 e. The molecule has 0 saturated heterocycles. The van der Waals surface area contributed by atoms with Crippen molar-refractivity contribution in [2.24, 2.45) is 0 Å². The van der Waals surface area contributed by atoms with Crippen LogP contribution in [0.15, 0.2) is 10.7 Å². The van der Waals surface area contributed by atoms with Crippen molar-refractivity contribution in [1.29, 1.82) is 0 Å². The zero-order valence-corrected chi connectivity index (χ0v) is 9.75. The van der Waals surface area contributed by atoms with Gasteiger partial charge < -0.3 is 10.5 Å². The van der Waals surface area contributed by atoms with Crippen LogP contribution in [0.4, 0.5) is 5.95 Å². The summed E-state index contributed by atoms with van der Waals surface area (Å²) in [5.41, 5.74) is 5.43. The molecule has 5 heteroatoms. The van der Waals surface area contributed by atoms with Crippen molar-refractivity contribution in [3.8, 4) is 5.88 Å². The lowest BCUT2D eigenvalue weighted by molar-refractivity contribution is 0.293. The van der Waals surface area contributed by atoms with Gasteiger partial charge in [-0.05, 0) is 22.4 Å². The zero-order chi connectivity index (χ0) is 10.4. The van der Waals surface area contributed by atoms with Gasteiger partial charge >= 0.3 is 0 Å². The van der Waals surface area contributed by atoms with Gasteiger partial charge in [0.05, 0.1) is 17.3 Å². The molecule has 1 aromatic heterocycles. The predicted molar refractivity (Wildman–Crippen MR) is 59.2 cm³/mol. The molecule has 0 aromatic carbocycles. The summed E-state index contributed by atoms with van der Waals surface area (Å²) < 4.78 is 6.18. The maximum absolute atomic E-state index is 5.44. The summed E-state index contributed by atoms with van der Waals surface area (Å²) in [5, 5.41) is 0. The van der Waals surface area contributed by atoms with Crippen LogP contribution in [-0.2, 0) is 0 Å². The first-order chi connectivity index (χ1) is 6.74. The van der Waals surface area contributed by atoms with Gasteiger partial charge in [0, 0.05) is 0 Å². The lowest BCUT2D eigenvalue weighted by Crippen LogP contribution is -2.02. The second kappa shape index (κ2) is 5.80. The number of nitrogen functional groups attached to an aromatic ring is 1. The van der Waals surface area contributed by atoms with E-state index in [4.69, 9.17) is 10.5 Å². The van der Waals surface area contributed by atoms with Crippen molar-refractivity contribution < 1.29 is 4.74 Å². The molecule has 1 rings (SSSR count). The van der Waals surface area contributed by atoms with Crippen LogP contribution < -0.4 is 10.5 Å². The number of nitrogens with two attached hydrogens (primary N) is 1. The second-order valence-corrected chi connectivity index (χ2v) is 3.79. The number of hydrogen-bond donors (Lipinski definition) is 1. The Bertz CT molecular complexity index is 293. The second-order valence-electron chi connectivity index (χ2n) is 2.94. The molecule has 0 amide bonds. The summed E-state index contributed by atoms with van der Waals surface area (Å²) in [6.07, 6.45) is 4.97. The van der Waals surface area contributed by atoms with E-state index in [1.807, 2.05) is 0 Å². The van der Waals surface area contributed by atoms with Crippen molar-refractivity contribution in [1.82, 2.24) is 9.97 Å². The molecule has 1 aromatic rings. The van der Waals surface area contributed by atoms with Gasteiger partial charge in [0.25, 0.3) is 0 Å². The third kappa shape index (κ3) is 3.49. The number of aromatic nitrogens is 2. The zero-order valence-electron chi connectivity index (χ0n) is 8.16. The van der Waals surface area contributed by atoms with E-state index in [0.29, 0.717) is 12.5 Å². The Kier molecular flexibility index (Phi) is 4.65. The van der Waals surface area contributed by atoms with Gasteiger partial charge in [-0.3, -0.25) is 0 Å². The summed E-state index contributed by atoms with van der Waals surface area (Å²) in [6.45, 7) is 2.82. The van der Waals surface area contributed by atoms with E-state index in [1.165, 1.54) is 6.42 Å². The minimum absolute atomic E-state index is 0.235. The van der Waals surface area contributed by atoms with Crippen molar-refractivity contribution in [3.63, 3.8) is 0 Å². The van der Waals surface area contributed by atoms with Crippen LogP contribution in [-0.4, -0.2) is 16.6 Å². The summed E-state index contributed by atoms with van der Waals surface area (Å²) in [4.78, 5) is 7.79. The molecule has 0 saturated carbocycles. The minimum Gasteiger partial charge on any atom is -0.477 e. The highest BCUT2D eigenvalue weighted by atomic mass is 79.9. The largest absolute Gasteiger partial charge is 0.477 e. The molecule has 1 heterocycles. The normalized spacial score (nSPS) is 10.1. The quantitative estimate of drug-likeness (QED) is 0.826. The SMILES string of the molecule is CCCCCOc1nc(N)ncc1Br. The number of ether oxygens (including phenoxy) is 1. The molecular formula is C9H14BrN3O. The Hall–Kier alpha value is -0.840. The number of anilines is 1. The van der Waals surface area contributed by atoms with Gasteiger partial charge in [-0.1, -0.05) is 19.8 Å². The molecule has 0 spiro atoms. The Morgan fingerprint density at radius 3 is 3.00 bits per heavy atom. The van der Waals surface area contributed by atoms with Gasteiger partial charge in [0.15, 0.2) is 0 Å². The first-order valence-electron chi connectivity index (χ1n) is 4.65. The summed E-state index contributed by atoms with van der Waals surface area (Å²) in [6, 6.07) is 0. The Morgan fingerprint density at radius 2 is 2.29 bits per heavy atom. The summed E-state index contributed by atoms with van der Waals surface area (Å²) >= 11 is 3.29. The molecule has 14 heavy (non-hydrogen) atoms. The molecule has 2 N–H and O–H groups in total. The van der Waals surface area contributed by atoms with Gasteiger partial charge in [-0.2, -0.15) is 4.98 Å². The van der Waals surface area contributed by atoms with E-state index < -0.39 is 0 Å². The molecule has 0 aliphatic carbocycles. The predicted octanol–water partition coefficient (Wildman–Crippen LogP) is 2.39. The van der Waals surface area contributed by atoms with E-state index >= 15 is 0 Å². The van der Waals surface area contributed by atoms with Crippen molar-refractivity contribution in [3.05, 3.63) is 10.7 Å². The van der Waals surface area contributed by atoms with Crippen LogP contribution in [0.5, 0.6) is 5.88 Å². The summed E-state index contributed by atoms with van der Waals surface area (Å²) in [5.74, 6) is 0.757. The van der Waals surface area contributed by atoms with E-state index in [2.05, 4.69) is 32.8 Å². The smallest absolute Gasteiger partial charge is 0.232 e. The van der Waals surface area contributed by atoms with Crippen LogP contribution in [0, 0.1) is 0 Å². The number of halogens is 1. The Balaban J connectivity index is 2.45. The minimum atomic E-state index is 0.235. The lowest BCUT2D eigenvalue weighted by atomic mass is 10.3. The van der Waals surface area contributed by atoms with Gasteiger partial charge in [-0.15, -0.1) is 0 Å². The maximum atomic E-state index is 5.44. The van der Waals surface area contributed by atoms with Crippen LogP contribution in [0.2, 0.25) is 0 Å². The number of rotatable bonds is 5. The molecule has 4 nitrogen and oxygen atoms in total. The third-order valence-corrected chi connectivity index (χ3v) is 2.26. The van der Waals surface area contributed by atoms with Crippen molar-refractivity contribution >= 4 is 21.9 Å². The fourth-order valence-electron chi connectivity index (χ4n) is 0.986. The number of hydrogen-bond acceptors (Lipinski definition) is 4. The highest BCUT2D eigenvalue weighted by molar-refractivity contribution is 9.10. The summed E-state index contributed by atoms with van der Waals surface area (Å²) in [7, 11) is 0. The fourth-order valence-corrected chi connectivity index (χ4v) is 1.29. The van der Waals surface area contributed by atoms with Crippen LogP contribution in [0.3, 0.4) is 0 Å². The molecule has 0 unspecified atom stereocenters. The van der Waals surface area contributed by atoms with Crippen molar-refractivity contribution in [2.45, 2.75) is 26.2 Å². The van der Waals surface area contributed by atoms with E-state index in [-0.39, 0.29) is 5.95 Å².